The summed E-state index contributed by atoms with van der Waals surface area (Å²) in [5, 5.41) is 7.17. The van der Waals surface area contributed by atoms with Crippen molar-refractivity contribution in [2.24, 2.45) is 5.92 Å². The molecule has 1 atom stereocenters. The molecule has 1 fully saturated rings. The molecular formula is C23H34N4O3. The highest BCUT2D eigenvalue weighted by atomic mass is 16.5. The molecule has 1 aromatic carbocycles. The average Bonchev–Trinajstić information content (AvgIpc) is 3.16. The summed E-state index contributed by atoms with van der Waals surface area (Å²) in [6, 6.07) is 8.37. The molecule has 2 aromatic rings. The average molecular weight is 415 g/mol. The number of ether oxygens (including phenoxy) is 1. The SMILES string of the molecule is COCC(C)NC(=O)C1CCN(Cc2nc(-c3ccc(C(C)(C)C)cc3)no2)CC1. The molecule has 164 valence electrons. The third-order valence-corrected chi connectivity index (χ3v) is 5.60. The van der Waals surface area contributed by atoms with Crippen LogP contribution in [0.3, 0.4) is 0 Å². The number of hydrogen-bond acceptors (Lipinski definition) is 6. The largest absolute Gasteiger partial charge is 0.383 e. The summed E-state index contributed by atoms with van der Waals surface area (Å²) in [5.74, 6) is 1.41. The molecule has 0 aliphatic carbocycles. The summed E-state index contributed by atoms with van der Waals surface area (Å²) in [6.45, 7) is 11.4. The minimum atomic E-state index is 0.0369. The van der Waals surface area contributed by atoms with Gasteiger partial charge >= 0.3 is 0 Å². The van der Waals surface area contributed by atoms with E-state index in [1.165, 1.54) is 5.56 Å². The van der Waals surface area contributed by atoms with Gasteiger partial charge in [0.2, 0.25) is 17.6 Å². The van der Waals surface area contributed by atoms with Gasteiger partial charge in [0.15, 0.2) is 0 Å². The summed E-state index contributed by atoms with van der Waals surface area (Å²) in [6.07, 6.45) is 1.67. The van der Waals surface area contributed by atoms with Crippen molar-refractivity contribution in [2.45, 2.75) is 58.5 Å². The van der Waals surface area contributed by atoms with Gasteiger partial charge in [-0.2, -0.15) is 4.98 Å². The summed E-state index contributed by atoms with van der Waals surface area (Å²) in [7, 11) is 1.64. The van der Waals surface area contributed by atoms with E-state index in [0.717, 1.165) is 31.5 Å². The molecule has 0 radical (unpaired) electrons. The molecule has 3 rings (SSSR count). The Morgan fingerprint density at radius 1 is 1.27 bits per heavy atom. The van der Waals surface area contributed by atoms with Crippen LogP contribution in [0.1, 0.15) is 52.0 Å². The number of rotatable bonds is 7. The van der Waals surface area contributed by atoms with Crippen molar-refractivity contribution < 1.29 is 14.1 Å². The normalized spacial score (nSPS) is 17.1. The van der Waals surface area contributed by atoms with Crippen LogP contribution in [0.15, 0.2) is 28.8 Å². The number of aromatic nitrogens is 2. The molecule has 1 unspecified atom stereocenters. The number of hydrogen-bond donors (Lipinski definition) is 1. The van der Waals surface area contributed by atoms with Crippen LogP contribution in [0.2, 0.25) is 0 Å². The van der Waals surface area contributed by atoms with E-state index in [-0.39, 0.29) is 23.3 Å². The van der Waals surface area contributed by atoms with Gasteiger partial charge in [-0.1, -0.05) is 50.2 Å². The van der Waals surface area contributed by atoms with Gasteiger partial charge in [-0.15, -0.1) is 0 Å². The summed E-state index contributed by atoms with van der Waals surface area (Å²) < 4.78 is 10.6. The molecule has 0 spiro atoms. The van der Waals surface area contributed by atoms with Crippen molar-refractivity contribution in [3.8, 4) is 11.4 Å². The Morgan fingerprint density at radius 2 is 1.93 bits per heavy atom. The van der Waals surface area contributed by atoms with Gasteiger partial charge in [0.25, 0.3) is 0 Å². The van der Waals surface area contributed by atoms with Crippen molar-refractivity contribution >= 4 is 5.91 Å². The molecular weight excluding hydrogens is 380 g/mol. The smallest absolute Gasteiger partial charge is 0.241 e. The van der Waals surface area contributed by atoms with Gasteiger partial charge < -0.3 is 14.6 Å². The highest BCUT2D eigenvalue weighted by Gasteiger charge is 2.26. The number of piperidine rings is 1. The van der Waals surface area contributed by atoms with Crippen LogP contribution in [0.25, 0.3) is 11.4 Å². The van der Waals surface area contributed by atoms with E-state index < -0.39 is 0 Å². The van der Waals surface area contributed by atoms with Crippen LogP contribution in [0.4, 0.5) is 0 Å². The molecule has 1 amide bonds. The number of benzene rings is 1. The lowest BCUT2D eigenvalue weighted by Crippen LogP contribution is -2.44. The van der Waals surface area contributed by atoms with Gasteiger partial charge in [-0.3, -0.25) is 9.69 Å². The lowest BCUT2D eigenvalue weighted by molar-refractivity contribution is -0.127. The van der Waals surface area contributed by atoms with Crippen molar-refractivity contribution in [3.63, 3.8) is 0 Å². The number of nitrogens with one attached hydrogen (secondary N) is 1. The molecule has 0 bridgehead atoms. The standard InChI is InChI=1S/C23H34N4O3/c1-16(15-29-5)24-22(28)18-10-12-27(13-11-18)14-20-25-21(26-30-20)17-6-8-19(9-7-17)23(2,3)4/h6-9,16,18H,10-15H2,1-5H3,(H,24,28). The van der Waals surface area contributed by atoms with Crippen LogP contribution in [0.5, 0.6) is 0 Å². The quantitative estimate of drug-likeness (QED) is 0.748. The minimum absolute atomic E-state index is 0.0369. The van der Waals surface area contributed by atoms with Gasteiger partial charge in [0, 0.05) is 24.6 Å². The van der Waals surface area contributed by atoms with Gasteiger partial charge in [-0.05, 0) is 43.8 Å². The molecule has 1 aromatic heterocycles. The predicted octanol–water partition coefficient (Wildman–Crippen LogP) is 3.40. The van der Waals surface area contributed by atoms with E-state index in [2.05, 4.69) is 53.3 Å². The first-order valence-corrected chi connectivity index (χ1v) is 10.7. The molecule has 1 aliphatic rings. The maximum Gasteiger partial charge on any atom is 0.241 e. The molecule has 1 aliphatic heterocycles. The Morgan fingerprint density at radius 3 is 2.53 bits per heavy atom. The summed E-state index contributed by atoms with van der Waals surface area (Å²) in [5.41, 5.74) is 2.35. The van der Waals surface area contributed by atoms with Crippen molar-refractivity contribution in [1.29, 1.82) is 0 Å². The van der Waals surface area contributed by atoms with Gasteiger partial charge in [0.1, 0.15) is 0 Å². The molecule has 2 heterocycles. The minimum Gasteiger partial charge on any atom is -0.383 e. The van der Waals surface area contributed by atoms with E-state index in [9.17, 15) is 4.79 Å². The Kier molecular flexibility index (Phi) is 7.26. The van der Waals surface area contributed by atoms with E-state index in [0.29, 0.717) is 24.9 Å². The Bertz CT molecular complexity index is 818. The second kappa shape index (κ2) is 9.71. The molecule has 7 heteroatoms. The number of likely N-dealkylation sites (tertiary alicyclic amines) is 1. The zero-order valence-corrected chi connectivity index (χ0v) is 18.8. The lowest BCUT2D eigenvalue weighted by atomic mass is 9.87. The molecule has 30 heavy (non-hydrogen) atoms. The predicted molar refractivity (Wildman–Crippen MR) is 116 cm³/mol. The van der Waals surface area contributed by atoms with Crippen molar-refractivity contribution in [3.05, 3.63) is 35.7 Å². The third kappa shape index (κ3) is 5.89. The first-order valence-electron chi connectivity index (χ1n) is 10.7. The van der Waals surface area contributed by atoms with Crippen LogP contribution < -0.4 is 5.32 Å². The Balaban J connectivity index is 1.51. The first-order chi connectivity index (χ1) is 14.3. The number of amides is 1. The van der Waals surface area contributed by atoms with E-state index in [4.69, 9.17) is 9.26 Å². The number of carbonyl (C=O) groups excluding carboxylic acids is 1. The zero-order chi connectivity index (χ0) is 21.7. The van der Waals surface area contributed by atoms with Crippen LogP contribution in [-0.2, 0) is 21.5 Å². The second-order valence-electron chi connectivity index (χ2n) is 9.25. The zero-order valence-electron chi connectivity index (χ0n) is 18.8. The summed E-state index contributed by atoms with van der Waals surface area (Å²) >= 11 is 0. The molecule has 7 nitrogen and oxygen atoms in total. The van der Waals surface area contributed by atoms with Gasteiger partial charge in [0.05, 0.1) is 13.2 Å². The molecule has 0 saturated carbocycles. The maximum absolute atomic E-state index is 12.4. The van der Waals surface area contributed by atoms with Crippen LogP contribution in [-0.4, -0.2) is 53.8 Å². The topological polar surface area (TPSA) is 80.5 Å². The first kappa shape index (κ1) is 22.4. The van der Waals surface area contributed by atoms with Crippen molar-refractivity contribution in [1.82, 2.24) is 20.4 Å². The van der Waals surface area contributed by atoms with Crippen LogP contribution in [0, 0.1) is 5.92 Å². The van der Waals surface area contributed by atoms with E-state index in [1.807, 2.05) is 19.1 Å². The fourth-order valence-electron chi connectivity index (χ4n) is 3.75. The maximum atomic E-state index is 12.4. The summed E-state index contributed by atoms with van der Waals surface area (Å²) in [4.78, 5) is 19.2. The van der Waals surface area contributed by atoms with Crippen LogP contribution >= 0.6 is 0 Å². The fraction of sp³-hybridized carbons (Fsp3) is 0.609. The fourth-order valence-corrected chi connectivity index (χ4v) is 3.75. The molecule has 1 saturated heterocycles. The monoisotopic (exact) mass is 414 g/mol. The number of nitrogens with zero attached hydrogens (tertiary/aromatic N) is 3. The lowest BCUT2D eigenvalue weighted by Gasteiger charge is -2.30. The second-order valence-corrected chi connectivity index (χ2v) is 9.25. The van der Waals surface area contributed by atoms with E-state index >= 15 is 0 Å². The number of carbonyl (C=O) groups is 1. The highest BCUT2D eigenvalue weighted by Crippen LogP contribution is 2.25. The van der Waals surface area contributed by atoms with E-state index in [1.54, 1.807) is 7.11 Å². The Labute approximate surface area is 179 Å². The third-order valence-electron chi connectivity index (χ3n) is 5.60. The number of methoxy groups -OCH3 is 1. The molecule has 1 N–H and O–H groups in total. The van der Waals surface area contributed by atoms with Crippen molar-refractivity contribution in [2.75, 3.05) is 26.8 Å². The van der Waals surface area contributed by atoms with Gasteiger partial charge in [-0.25, -0.2) is 0 Å². The Hall–Kier alpha value is -2.25. The highest BCUT2D eigenvalue weighted by molar-refractivity contribution is 5.79.